The minimum absolute atomic E-state index is 0.119. The molecule has 0 saturated heterocycles. The van der Waals surface area contributed by atoms with E-state index in [0.29, 0.717) is 17.8 Å². The molecular formula is C23H20F2N4O. The molecule has 0 aliphatic carbocycles. The van der Waals surface area contributed by atoms with Gasteiger partial charge in [-0.1, -0.05) is 60.2 Å². The number of aryl methyl sites for hydroxylation is 1. The molecule has 0 unspecified atom stereocenters. The van der Waals surface area contributed by atoms with Gasteiger partial charge >= 0.3 is 0 Å². The van der Waals surface area contributed by atoms with Gasteiger partial charge in [-0.3, -0.25) is 4.79 Å². The maximum atomic E-state index is 13.7. The van der Waals surface area contributed by atoms with Crippen molar-refractivity contribution in [2.24, 2.45) is 0 Å². The third-order valence-electron chi connectivity index (χ3n) is 4.91. The number of alkyl halides is 2. The average Bonchev–Trinajstić information content (AvgIpc) is 3.17. The van der Waals surface area contributed by atoms with Gasteiger partial charge in [0.05, 0.1) is 11.9 Å². The third-order valence-corrected chi connectivity index (χ3v) is 4.91. The molecule has 2 heterocycles. The summed E-state index contributed by atoms with van der Waals surface area (Å²) in [4.78, 5) is 19.1. The lowest BCUT2D eigenvalue weighted by atomic mass is 10.1. The number of carbonyl (C=O) groups is 1. The van der Waals surface area contributed by atoms with Gasteiger partial charge in [0.25, 0.3) is 12.3 Å². The molecule has 5 nitrogen and oxygen atoms in total. The standard InChI is InChI=1S/C23H20F2N4O/c1-15-8-10-17(11-9-15)19-12-20(21(24)25)29-22(27-19)18(13-26-29)23(30)28(2)14-16-6-4-3-5-7-16/h3-13,21H,14H2,1-2H3. The van der Waals surface area contributed by atoms with Crippen LogP contribution < -0.4 is 0 Å². The lowest BCUT2D eigenvalue weighted by Crippen LogP contribution is -2.26. The van der Waals surface area contributed by atoms with Crippen LogP contribution in [0.4, 0.5) is 8.78 Å². The van der Waals surface area contributed by atoms with Gasteiger partial charge in [-0.25, -0.2) is 18.3 Å². The van der Waals surface area contributed by atoms with Crippen LogP contribution in [0.3, 0.4) is 0 Å². The third kappa shape index (κ3) is 3.78. The minimum Gasteiger partial charge on any atom is -0.337 e. The molecule has 2 aromatic carbocycles. The summed E-state index contributed by atoms with van der Waals surface area (Å²) >= 11 is 0. The zero-order chi connectivity index (χ0) is 21.3. The van der Waals surface area contributed by atoms with Crippen LogP contribution in [-0.4, -0.2) is 32.5 Å². The van der Waals surface area contributed by atoms with E-state index in [0.717, 1.165) is 15.6 Å². The molecule has 0 aliphatic heterocycles. The Kier molecular flexibility index (Phi) is 5.27. The molecule has 7 heteroatoms. The first kappa shape index (κ1) is 19.7. The van der Waals surface area contributed by atoms with E-state index in [-0.39, 0.29) is 22.8 Å². The number of halogens is 2. The van der Waals surface area contributed by atoms with E-state index in [2.05, 4.69) is 10.1 Å². The fourth-order valence-corrected chi connectivity index (χ4v) is 3.30. The van der Waals surface area contributed by atoms with Crippen molar-refractivity contribution in [3.63, 3.8) is 0 Å². The van der Waals surface area contributed by atoms with Crippen molar-refractivity contribution < 1.29 is 13.6 Å². The van der Waals surface area contributed by atoms with Crippen LogP contribution in [0.25, 0.3) is 16.9 Å². The van der Waals surface area contributed by atoms with Crippen molar-refractivity contribution in [1.29, 1.82) is 0 Å². The summed E-state index contributed by atoms with van der Waals surface area (Å²) in [6.07, 6.45) is -1.46. The Hall–Kier alpha value is -3.61. The molecular weight excluding hydrogens is 386 g/mol. The number of hydrogen-bond acceptors (Lipinski definition) is 3. The fraction of sp³-hybridized carbons (Fsp3) is 0.174. The number of nitrogens with zero attached hydrogens (tertiary/aromatic N) is 4. The average molecular weight is 406 g/mol. The maximum absolute atomic E-state index is 13.7. The Labute approximate surface area is 172 Å². The number of aromatic nitrogens is 3. The normalized spacial score (nSPS) is 11.2. The molecule has 4 rings (SSSR count). The van der Waals surface area contributed by atoms with Crippen LogP contribution in [0.15, 0.2) is 66.9 Å². The first-order valence-corrected chi connectivity index (χ1v) is 9.47. The largest absolute Gasteiger partial charge is 0.337 e. The lowest BCUT2D eigenvalue weighted by molar-refractivity contribution is 0.0786. The van der Waals surface area contributed by atoms with Crippen LogP contribution in [0, 0.1) is 6.92 Å². The molecule has 4 aromatic rings. The molecule has 0 bridgehead atoms. The summed E-state index contributed by atoms with van der Waals surface area (Å²) in [6, 6.07) is 18.3. The molecule has 0 saturated carbocycles. The van der Waals surface area contributed by atoms with Gasteiger partial charge in [-0.05, 0) is 18.6 Å². The van der Waals surface area contributed by atoms with Gasteiger partial charge in [0, 0.05) is 19.2 Å². The molecule has 30 heavy (non-hydrogen) atoms. The summed E-state index contributed by atoms with van der Waals surface area (Å²) in [6.45, 7) is 2.33. The minimum atomic E-state index is -2.76. The van der Waals surface area contributed by atoms with Gasteiger partial charge < -0.3 is 4.90 Å². The van der Waals surface area contributed by atoms with Crippen molar-refractivity contribution in [1.82, 2.24) is 19.5 Å². The number of rotatable bonds is 5. The first-order valence-electron chi connectivity index (χ1n) is 9.47. The van der Waals surface area contributed by atoms with Gasteiger partial charge in [0.2, 0.25) is 0 Å². The van der Waals surface area contributed by atoms with Crippen LogP contribution in [-0.2, 0) is 6.54 Å². The van der Waals surface area contributed by atoms with Gasteiger partial charge in [0.1, 0.15) is 11.3 Å². The molecule has 0 aliphatic rings. The number of carbonyl (C=O) groups excluding carboxylic acids is 1. The van der Waals surface area contributed by atoms with Gasteiger partial charge in [0.15, 0.2) is 5.65 Å². The van der Waals surface area contributed by atoms with Gasteiger partial charge in [-0.15, -0.1) is 0 Å². The monoisotopic (exact) mass is 406 g/mol. The first-order chi connectivity index (χ1) is 14.4. The van der Waals surface area contributed by atoms with Crippen LogP contribution in [0.5, 0.6) is 0 Å². The SMILES string of the molecule is Cc1ccc(-c2cc(C(F)F)n3ncc(C(=O)N(C)Cc4ccccc4)c3n2)cc1. The highest BCUT2D eigenvalue weighted by Gasteiger charge is 2.23. The second-order valence-electron chi connectivity index (χ2n) is 7.17. The Morgan fingerprint density at radius 3 is 2.47 bits per heavy atom. The topological polar surface area (TPSA) is 50.5 Å². The number of amides is 1. The van der Waals surface area contributed by atoms with E-state index in [4.69, 9.17) is 0 Å². The van der Waals surface area contributed by atoms with Crippen molar-refractivity contribution in [2.45, 2.75) is 19.9 Å². The summed E-state index contributed by atoms with van der Waals surface area (Å²) in [5.74, 6) is -0.331. The molecule has 1 amide bonds. The van der Waals surface area contributed by atoms with Crippen molar-refractivity contribution in [3.05, 3.63) is 89.2 Å². The Bertz CT molecular complexity index is 1190. The smallest absolute Gasteiger partial charge is 0.280 e. The predicted octanol–water partition coefficient (Wildman–Crippen LogP) is 4.91. The van der Waals surface area contributed by atoms with Crippen molar-refractivity contribution >= 4 is 11.6 Å². The highest BCUT2D eigenvalue weighted by Crippen LogP contribution is 2.27. The molecule has 0 spiro atoms. The second kappa shape index (κ2) is 8.02. The van der Waals surface area contributed by atoms with E-state index in [1.165, 1.54) is 17.2 Å². The summed E-state index contributed by atoms with van der Waals surface area (Å²) in [5.41, 5.74) is 3.08. The van der Waals surface area contributed by atoms with Gasteiger partial charge in [-0.2, -0.15) is 5.10 Å². The zero-order valence-corrected chi connectivity index (χ0v) is 16.6. The van der Waals surface area contributed by atoms with E-state index in [9.17, 15) is 13.6 Å². The number of benzene rings is 2. The van der Waals surface area contributed by atoms with Crippen LogP contribution >= 0.6 is 0 Å². The Morgan fingerprint density at radius 2 is 1.80 bits per heavy atom. The molecule has 0 fully saturated rings. The highest BCUT2D eigenvalue weighted by molar-refractivity contribution is 5.99. The van der Waals surface area contributed by atoms with Crippen molar-refractivity contribution in [2.75, 3.05) is 7.05 Å². The predicted molar refractivity (Wildman–Crippen MR) is 110 cm³/mol. The van der Waals surface area contributed by atoms with Crippen LogP contribution in [0.2, 0.25) is 0 Å². The van der Waals surface area contributed by atoms with E-state index < -0.39 is 6.43 Å². The zero-order valence-electron chi connectivity index (χ0n) is 16.6. The Morgan fingerprint density at radius 1 is 1.10 bits per heavy atom. The molecule has 0 radical (unpaired) electrons. The molecule has 2 aromatic heterocycles. The second-order valence-corrected chi connectivity index (χ2v) is 7.17. The quantitative estimate of drug-likeness (QED) is 0.473. The maximum Gasteiger partial charge on any atom is 0.280 e. The summed E-state index contributed by atoms with van der Waals surface area (Å²) in [5, 5.41) is 4.03. The summed E-state index contributed by atoms with van der Waals surface area (Å²) in [7, 11) is 1.66. The number of hydrogen-bond donors (Lipinski definition) is 0. The Balaban J connectivity index is 1.77. The number of fused-ring (bicyclic) bond motifs is 1. The lowest BCUT2D eigenvalue weighted by Gasteiger charge is -2.16. The summed E-state index contributed by atoms with van der Waals surface area (Å²) < 4.78 is 28.5. The van der Waals surface area contributed by atoms with E-state index >= 15 is 0 Å². The molecule has 152 valence electrons. The van der Waals surface area contributed by atoms with Crippen molar-refractivity contribution in [3.8, 4) is 11.3 Å². The van der Waals surface area contributed by atoms with E-state index in [1.807, 2.05) is 61.5 Å². The highest BCUT2D eigenvalue weighted by atomic mass is 19.3. The van der Waals surface area contributed by atoms with Crippen LogP contribution in [0.1, 0.15) is 33.6 Å². The molecule has 0 atom stereocenters. The van der Waals surface area contributed by atoms with E-state index in [1.54, 1.807) is 7.05 Å². The fourth-order valence-electron chi connectivity index (χ4n) is 3.30. The molecule has 0 N–H and O–H groups in total.